The van der Waals surface area contributed by atoms with Gasteiger partial charge in [0, 0.05) is 29.0 Å². The molecule has 0 radical (unpaired) electrons. The first kappa shape index (κ1) is 35.9. The lowest BCUT2D eigenvalue weighted by atomic mass is 9.94. The minimum atomic E-state index is -3.78. The van der Waals surface area contributed by atoms with Crippen molar-refractivity contribution < 1.29 is 41.9 Å². The van der Waals surface area contributed by atoms with Crippen LogP contribution in [0.1, 0.15) is 60.5 Å². The van der Waals surface area contributed by atoms with Crippen LogP contribution in [0.3, 0.4) is 0 Å². The number of nitrogens with one attached hydrogen (secondary N) is 1. The van der Waals surface area contributed by atoms with Gasteiger partial charge in [0.2, 0.25) is 0 Å². The molecule has 0 aliphatic rings. The molecule has 0 saturated heterocycles. The van der Waals surface area contributed by atoms with Crippen molar-refractivity contribution >= 4 is 43.4 Å². The number of rotatable bonds is 12. The summed E-state index contributed by atoms with van der Waals surface area (Å²) < 4.78 is 43.6. The van der Waals surface area contributed by atoms with Crippen molar-refractivity contribution in [2.45, 2.75) is 87.8 Å². The van der Waals surface area contributed by atoms with E-state index < -0.39 is 36.8 Å². The minimum Gasteiger partial charge on any atom is -0.444 e. The molecule has 2 aromatic rings. The van der Waals surface area contributed by atoms with Crippen LogP contribution in [-0.2, 0) is 34.0 Å². The molecule has 10 nitrogen and oxygen atoms in total. The Morgan fingerprint density at radius 3 is 2.10 bits per heavy atom. The molecule has 1 atom stereocenters. The number of phosphoric ester groups is 1. The Balaban J connectivity index is 2.13. The van der Waals surface area contributed by atoms with Crippen molar-refractivity contribution in [3.8, 4) is 5.75 Å². The summed E-state index contributed by atoms with van der Waals surface area (Å²) in [5, 5.41) is 3.35. The largest absolute Gasteiger partial charge is 0.514 e. The Kier molecular flexibility index (Phi) is 12.8. The molecule has 1 amide bonds. The van der Waals surface area contributed by atoms with Gasteiger partial charge in [-0.05, 0) is 97.2 Å². The molecule has 2 aromatic carbocycles. The van der Waals surface area contributed by atoms with E-state index in [2.05, 4.69) is 5.32 Å². The van der Waals surface area contributed by atoms with Gasteiger partial charge in [0.25, 0.3) is 0 Å². The summed E-state index contributed by atoms with van der Waals surface area (Å²) in [7, 11) is -1.35. The molecule has 0 aliphatic carbocycles. The maximum Gasteiger partial charge on any atom is 0.514 e. The van der Waals surface area contributed by atoms with Crippen LogP contribution in [0.5, 0.6) is 5.75 Å². The van der Waals surface area contributed by atoms with Crippen LogP contribution in [0.4, 0.5) is 9.59 Å². The molecule has 13 heteroatoms. The van der Waals surface area contributed by atoms with Crippen LogP contribution in [0.2, 0.25) is 5.02 Å². The van der Waals surface area contributed by atoms with E-state index in [1.165, 1.54) is 26.0 Å². The molecule has 0 aliphatic heterocycles. The third kappa shape index (κ3) is 12.9. The third-order valence-electron chi connectivity index (χ3n) is 5.39. The Morgan fingerprint density at radius 2 is 1.52 bits per heavy atom. The maximum atomic E-state index is 12.6. The molecule has 0 bridgehead atoms. The average Bonchev–Trinajstić information content (AvgIpc) is 2.85. The van der Waals surface area contributed by atoms with Crippen LogP contribution in [0, 0.1) is 0 Å². The van der Waals surface area contributed by atoms with Gasteiger partial charge in [0.15, 0.2) is 0 Å². The summed E-state index contributed by atoms with van der Waals surface area (Å²) in [5.74, 6) is 0.363. The molecule has 42 heavy (non-hydrogen) atoms. The van der Waals surface area contributed by atoms with E-state index in [9.17, 15) is 14.2 Å². The molecular weight excluding hydrogens is 605 g/mol. The van der Waals surface area contributed by atoms with E-state index in [1.807, 2.05) is 24.3 Å². The zero-order valence-electron chi connectivity index (χ0n) is 25.6. The van der Waals surface area contributed by atoms with Gasteiger partial charge in [-0.25, -0.2) is 14.2 Å². The highest BCUT2D eigenvalue weighted by atomic mass is 35.5. The number of phosphoric acid groups is 1. The fourth-order valence-corrected chi connectivity index (χ4v) is 5.48. The predicted molar refractivity (Wildman–Crippen MR) is 163 cm³/mol. The summed E-state index contributed by atoms with van der Waals surface area (Å²) in [6.07, 6.45) is -0.587. The quantitative estimate of drug-likeness (QED) is 0.137. The van der Waals surface area contributed by atoms with E-state index in [1.54, 1.807) is 66.7 Å². The number of benzene rings is 2. The van der Waals surface area contributed by atoms with Crippen molar-refractivity contribution in [3.63, 3.8) is 0 Å². The lowest BCUT2D eigenvalue weighted by Gasteiger charge is -2.32. The van der Waals surface area contributed by atoms with Gasteiger partial charge in [0.1, 0.15) is 17.0 Å². The average molecular weight is 646 g/mol. The lowest BCUT2D eigenvalue weighted by Crippen LogP contribution is -2.51. The van der Waals surface area contributed by atoms with Crippen LogP contribution in [0.25, 0.3) is 0 Å². The zero-order valence-corrected chi connectivity index (χ0v) is 28.0. The second-order valence-electron chi connectivity index (χ2n) is 11.7. The molecule has 0 saturated carbocycles. The molecule has 0 fully saturated rings. The summed E-state index contributed by atoms with van der Waals surface area (Å²) in [4.78, 5) is 26.3. The summed E-state index contributed by atoms with van der Waals surface area (Å²) in [5.41, 5.74) is -1.53. The minimum absolute atomic E-state index is 0.168. The van der Waals surface area contributed by atoms with Crippen molar-refractivity contribution in [1.29, 1.82) is 0 Å². The van der Waals surface area contributed by atoms with E-state index in [0.29, 0.717) is 23.6 Å². The number of hydrogen-bond acceptors (Lipinski definition) is 10. The van der Waals surface area contributed by atoms with Gasteiger partial charge in [-0.15, -0.1) is 0 Å². The Labute approximate surface area is 257 Å². The van der Waals surface area contributed by atoms with Gasteiger partial charge in [-0.3, -0.25) is 13.6 Å². The molecule has 0 spiro atoms. The van der Waals surface area contributed by atoms with Gasteiger partial charge in [-0.1, -0.05) is 35.5 Å². The summed E-state index contributed by atoms with van der Waals surface area (Å²) in [6, 6.07) is 12.7. The first-order valence-electron chi connectivity index (χ1n) is 13.2. The maximum absolute atomic E-state index is 12.6. The van der Waals surface area contributed by atoms with Gasteiger partial charge in [-0.2, -0.15) is 0 Å². The molecule has 234 valence electrons. The standard InChI is InChI=1S/C29H41ClNO9PS/c1-27(2,3)39-25(32)31-29(7,19-37-41(34,35-8)36-9)16-15-20-13-14-23(18-24(20)30)42-22-12-10-11-21(17-22)38-26(33)40-28(4,5)6/h10-14,17-18H,15-16,19H2,1-9H3,(H,31,32)/t29-/m1/s1. The fourth-order valence-electron chi connectivity index (χ4n) is 3.43. The highest BCUT2D eigenvalue weighted by molar-refractivity contribution is 7.99. The zero-order chi connectivity index (χ0) is 31.8. The smallest absolute Gasteiger partial charge is 0.444 e. The molecule has 0 heterocycles. The molecule has 0 aromatic heterocycles. The van der Waals surface area contributed by atoms with E-state index in [-0.39, 0.29) is 6.61 Å². The number of alkyl carbamates (subject to hydrolysis) is 1. The lowest BCUT2D eigenvalue weighted by molar-refractivity contribution is 0.0205. The Bertz CT molecular complexity index is 1270. The first-order chi connectivity index (χ1) is 19.3. The topological polar surface area (TPSA) is 119 Å². The monoisotopic (exact) mass is 645 g/mol. The molecule has 0 unspecified atom stereocenters. The van der Waals surface area contributed by atoms with E-state index in [4.69, 9.17) is 39.4 Å². The number of ether oxygens (including phenoxy) is 3. The van der Waals surface area contributed by atoms with E-state index >= 15 is 0 Å². The second-order valence-corrected chi connectivity index (χ2v) is 15.1. The highest BCUT2D eigenvalue weighted by Crippen LogP contribution is 2.48. The fraction of sp³-hybridized carbons (Fsp3) is 0.517. The number of carbonyl (C=O) groups is 2. The van der Waals surface area contributed by atoms with Crippen molar-refractivity contribution in [2.24, 2.45) is 0 Å². The van der Waals surface area contributed by atoms with Crippen LogP contribution in [-0.4, -0.2) is 49.8 Å². The highest BCUT2D eigenvalue weighted by Gasteiger charge is 2.34. The van der Waals surface area contributed by atoms with Gasteiger partial charge < -0.3 is 19.5 Å². The molecular formula is C29H41ClNO9PS. The summed E-state index contributed by atoms with van der Waals surface area (Å²) >= 11 is 8.10. The third-order valence-corrected chi connectivity index (χ3v) is 8.06. The number of aryl methyl sites for hydroxylation is 1. The van der Waals surface area contributed by atoms with Gasteiger partial charge >= 0.3 is 20.1 Å². The van der Waals surface area contributed by atoms with Crippen LogP contribution < -0.4 is 10.1 Å². The SMILES string of the molecule is COP(=O)(OC)OC[C@@](C)(CCc1ccc(Sc2cccc(OC(=O)OC(C)(C)C)c2)cc1Cl)NC(=O)OC(C)(C)C. The van der Waals surface area contributed by atoms with Crippen LogP contribution >= 0.6 is 31.2 Å². The Hall–Kier alpha value is -2.27. The number of hydrogen-bond donors (Lipinski definition) is 1. The molecule has 1 N–H and O–H groups in total. The van der Waals surface area contributed by atoms with Crippen molar-refractivity contribution in [2.75, 3.05) is 20.8 Å². The second kappa shape index (κ2) is 14.9. The number of carbonyl (C=O) groups excluding carboxylic acids is 2. The van der Waals surface area contributed by atoms with Crippen LogP contribution in [0.15, 0.2) is 52.3 Å². The van der Waals surface area contributed by atoms with E-state index in [0.717, 1.165) is 15.4 Å². The molecule has 2 rings (SSSR count). The number of halogens is 1. The van der Waals surface area contributed by atoms with Crippen molar-refractivity contribution in [3.05, 3.63) is 53.1 Å². The van der Waals surface area contributed by atoms with Gasteiger partial charge in [0.05, 0.1) is 12.1 Å². The van der Waals surface area contributed by atoms with Crippen molar-refractivity contribution in [1.82, 2.24) is 5.32 Å². The normalized spacial score (nSPS) is 13.7. The Morgan fingerprint density at radius 1 is 0.905 bits per heavy atom. The summed E-state index contributed by atoms with van der Waals surface area (Å²) in [6.45, 7) is 12.1. The predicted octanol–water partition coefficient (Wildman–Crippen LogP) is 8.44. The first-order valence-corrected chi connectivity index (χ1v) is 15.8. The number of amides is 1.